The molecule has 6 nitrogen and oxygen atoms in total. The molecular formula is C32H35BrN2O4. The van der Waals surface area contributed by atoms with Crippen LogP contribution in [0.5, 0.6) is 11.5 Å². The minimum absolute atomic E-state index is 0.0279. The van der Waals surface area contributed by atoms with Gasteiger partial charge in [-0.3, -0.25) is 9.69 Å². The molecule has 1 saturated heterocycles. The molecule has 2 aliphatic rings. The van der Waals surface area contributed by atoms with Gasteiger partial charge >= 0.3 is 0 Å². The van der Waals surface area contributed by atoms with Gasteiger partial charge in [-0.1, -0.05) is 82.7 Å². The van der Waals surface area contributed by atoms with Crippen LogP contribution in [0.25, 0.3) is 0 Å². The van der Waals surface area contributed by atoms with Crippen molar-refractivity contribution in [2.45, 2.75) is 57.0 Å². The van der Waals surface area contributed by atoms with Crippen LogP contribution in [0, 0.1) is 0 Å². The Balaban J connectivity index is 1.40. The summed E-state index contributed by atoms with van der Waals surface area (Å²) >= 11 is 3.64. The highest BCUT2D eigenvalue weighted by molar-refractivity contribution is 9.10. The van der Waals surface area contributed by atoms with Crippen LogP contribution in [-0.2, 0) is 24.3 Å². The van der Waals surface area contributed by atoms with Gasteiger partial charge in [-0.25, -0.2) is 0 Å². The molecule has 204 valence electrons. The molecule has 0 aliphatic carbocycles. The second-order valence-corrected chi connectivity index (χ2v) is 11.2. The van der Waals surface area contributed by atoms with E-state index in [0.29, 0.717) is 50.4 Å². The fraction of sp³-hybridized carbons (Fsp3) is 0.344. The largest absolute Gasteiger partial charge is 0.454 e. The van der Waals surface area contributed by atoms with E-state index in [1.807, 2.05) is 54.6 Å². The molecule has 0 radical (unpaired) electrons. The van der Waals surface area contributed by atoms with Gasteiger partial charge < -0.3 is 19.5 Å². The molecule has 1 N–H and O–H groups in total. The third-order valence-electron chi connectivity index (χ3n) is 7.60. The van der Waals surface area contributed by atoms with Crippen molar-refractivity contribution in [3.05, 3.63) is 107 Å². The number of likely N-dealkylation sites (tertiary alicyclic amines) is 1. The number of aliphatic hydroxyl groups is 1. The van der Waals surface area contributed by atoms with Gasteiger partial charge in [-0.05, 0) is 54.5 Å². The molecule has 3 aromatic rings. The molecule has 0 aromatic heterocycles. The summed E-state index contributed by atoms with van der Waals surface area (Å²) in [4.78, 5) is 18.0. The number of hydrogen-bond donors (Lipinski definition) is 1. The minimum atomic E-state index is -1.22. The molecule has 2 atom stereocenters. The van der Waals surface area contributed by atoms with Gasteiger partial charge in [0.05, 0.1) is 6.04 Å². The van der Waals surface area contributed by atoms with Crippen LogP contribution in [-0.4, -0.2) is 45.9 Å². The highest BCUT2D eigenvalue weighted by Gasteiger charge is 2.51. The van der Waals surface area contributed by atoms with Gasteiger partial charge in [0.15, 0.2) is 11.5 Å². The normalized spacial score (nSPS) is 20.1. The van der Waals surface area contributed by atoms with Crippen molar-refractivity contribution in [2.75, 3.05) is 13.3 Å². The highest BCUT2D eigenvalue weighted by Crippen LogP contribution is 2.39. The smallest absolute Gasteiger partial charge is 0.242 e. The second kappa shape index (κ2) is 12.4. The fourth-order valence-corrected chi connectivity index (χ4v) is 6.08. The van der Waals surface area contributed by atoms with Crippen LogP contribution >= 0.6 is 15.9 Å². The zero-order valence-electron chi connectivity index (χ0n) is 22.1. The molecule has 0 saturated carbocycles. The summed E-state index contributed by atoms with van der Waals surface area (Å²) in [5, 5.41) is 12.0. The molecule has 2 aliphatic heterocycles. The quantitative estimate of drug-likeness (QED) is 0.205. The molecule has 1 unspecified atom stereocenters. The first-order chi connectivity index (χ1) is 19.0. The van der Waals surface area contributed by atoms with Crippen molar-refractivity contribution < 1.29 is 19.4 Å². The number of nitrogens with zero attached hydrogens (tertiary/aromatic N) is 2. The number of benzene rings is 3. The van der Waals surface area contributed by atoms with Gasteiger partial charge in [-0.15, -0.1) is 6.58 Å². The Morgan fingerprint density at radius 2 is 1.64 bits per heavy atom. The van der Waals surface area contributed by atoms with Crippen LogP contribution in [0.4, 0.5) is 0 Å². The van der Waals surface area contributed by atoms with E-state index in [-0.39, 0.29) is 12.7 Å². The van der Waals surface area contributed by atoms with Crippen molar-refractivity contribution in [1.29, 1.82) is 0 Å². The van der Waals surface area contributed by atoms with Crippen molar-refractivity contribution in [3.8, 4) is 11.5 Å². The number of amides is 1. The lowest BCUT2D eigenvalue weighted by atomic mass is 9.99. The highest BCUT2D eigenvalue weighted by atomic mass is 79.9. The molecule has 0 bridgehead atoms. The number of rotatable bonds is 12. The number of allylic oxidation sites excluding steroid dienone is 1. The first-order valence-corrected chi connectivity index (χ1v) is 14.3. The topological polar surface area (TPSA) is 62.2 Å². The molecule has 5 rings (SSSR count). The summed E-state index contributed by atoms with van der Waals surface area (Å²) in [7, 11) is 0. The van der Waals surface area contributed by atoms with E-state index in [9.17, 15) is 9.90 Å². The maximum atomic E-state index is 14.1. The average molecular weight is 592 g/mol. The summed E-state index contributed by atoms with van der Waals surface area (Å²) < 4.78 is 12.0. The Kier molecular flexibility index (Phi) is 8.70. The molecule has 0 spiro atoms. The maximum absolute atomic E-state index is 14.1. The maximum Gasteiger partial charge on any atom is 0.242 e. The van der Waals surface area contributed by atoms with Gasteiger partial charge in [0.2, 0.25) is 12.7 Å². The number of unbranched alkanes of at least 4 members (excludes halogenated alkanes) is 1. The zero-order valence-corrected chi connectivity index (χ0v) is 23.7. The van der Waals surface area contributed by atoms with Gasteiger partial charge in [0, 0.05) is 30.5 Å². The van der Waals surface area contributed by atoms with Crippen LogP contribution in [0.15, 0.2) is 89.9 Å². The lowest BCUT2D eigenvalue weighted by Crippen LogP contribution is -2.47. The van der Waals surface area contributed by atoms with Gasteiger partial charge in [-0.2, -0.15) is 0 Å². The van der Waals surface area contributed by atoms with Crippen LogP contribution in [0.2, 0.25) is 0 Å². The minimum Gasteiger partial charge on any atom is -0.454 e. The lowest BCUT2D eigenvalue weighted by molar-refractivity contribution is -0.147. The van der Waals surface area contributed by atoms with Crippen LogP contribution < -0.4 is 9.47 Å². The van der Waals surface area contributed by atoms with E-state index in [2.05, 4.69) is 51.7 Å². The SMILES string of the molecule is C=CCCCC1(O)C[C@H](N(Cc2ccccc2)Cc2ccccc2)C(=O)N1CCc1cc2c(cc1Br)OCO2. The number of carbonyl (C=O) groups excluding carboxylic acids is 1. The summed E-state index contributed by atoms with van der Waals surface area (Å²) in [5.74, 6) is 1.39. The molecule has 2 heterocycles. The Morgan fingerprint density at radius 3 is 2.26 bits per heavy atom. The summed E-state index contributed by atoms with van der Waals surface area (Å²) in [6.07, 6.45) is 4.88. The molecule has 39 heavy (non-hydrogen) atoms. The Labute approximate surface area is 239 Å². The summed E-state index contributed by atoms with van der Waals surface area (Å²) in [5.41, 5.74) is 2.06. The van der Waals surface area contributed by atoms with E-state index >= 15 is 0 Å². The number of halogens is 1. The van der Waals surface area contributed by atoms with Crippen LogP contribution in [0.1, 0.15) is 42.4 Å². The number of ether oxygens (including phenoxy) is 2. The summed E-state index contributed by atoms with van der Waals surface area (Å²) in [6, 6.07) is 23.9. The van der Waals surface area contributed by atoms with Crippen molar-refractivity contribution in [2.24, 2.45) is 0 Å². The monoisotopic (exact) mass is 590 g/mol. The van der Waals surface area contributed by atoms with Gasteiger partial charge in [0.1, 0.15) is 5.72 Å². The molecule has 1 fully saturated rings. The predicted octanol–water partition coefficient (Wildman–Crippen LogP) is 6.07. The molecule has 7 heteroatoms. The lowest BCUT2D eigenvalue weighted by Gasteiger charge is -2.33. The van der Waals surface area contributed by atoms with Gasteiger partial charge in [0.25, 0.3) is 0 Å². The standard InChI is InChI=1S/C32H35BrN2O4/c1-2-3-10-16-32(37)20-28(34(21-24-11-6-4-7-12-24)22-25-13-8-5-9-14-25)31(36)35(32)17-15-26-18-29-30(19-27(26)33)39-23-38-29/h2,4-9,11-14,18-19,28,37H,1,3,10,15-17,20-23H2/t28-,32?/m0/s1. The second-order valence-electron chi connectivity index (χ2n) is 10.3. The molecule has 3 aromatic carbocycles. The van der Waals surface area contributed by atoms with E-state index in [1.54, 1.807) is 4.90 Å². The Bertz CT molecular complexity index is 1240. The number of hydrogen-bond acceptors (Lipinski definition) is 5. The zero-order chi connectivity index (χ0) is 27.2. The van der Waals surface area contributed by atoms with Crippen molar-refractivity contribution >= 4 is 21.8 Å². The average Bonchev–Trinajstić information content (AvgIpc) is 3.49. The van der Waals surface area contributed by atoms with Crippen molar-refractivity contribution in [1.82, 2.24) is 9.80 Å². The first kappa shape index (κ1) is 27.4. The van der Waals surface area contributed by atoms with E-state index in [1.165, 1.54) is 0 Å². The third kappa shape index (κ3) is 6.38. The van der Waals surface area contributed by atoms with E-state index in [0.717, 1.165) is 34.0 Å². The van der Waals surface area contributed by atoms with E-state index in [4.69, 9.17) is 9.47 Å². The number of fused-ring (bicyclic) bond motifs is 1. The summed E-state index contributed by atoms with van der Waals surface area (Å²) in [6.45, 7) is 5.69. The Hall–Kier alpha value is -3.13. The third-order valence-corrected chi connectivity index (χ3v) is 8.34. The van der Waals surface area contributed by atoms with Crippen LogP contribution in [0.3, 0.4) is 0 Å². The van der Waals surface area contributed by atoms with Crippen molar-refractivity contribution in [3.63, 3.8) is 0 Å². The molecule has 1 amide bonds. The predicted molar refractivity (Wildman–Crippen MR) is 155 cm³/mol. The first-order valence-electron chi connectivity index (χ1n) is 13.5. The Morgan fingerprint density at radius 1 is 1.03 bits per heavy atom. The fourth-order valence-electron chi connectivity index (χ4n) is 5.56. The van der Waals surface area contributed by atoms with E-state index < -0.39 is 11.8 Å². The molecular weight excluding hydrogens is 556 g/mol. The number of carbonyl (C=O) groups is 1.